The van der Waals surface area contributed by atoms with Crippen molar-refractivity contribution in [2.45, 2.75) is 11.3 Å². The molecular formula is C7H6F3IN2O4S. The molecule has 1 rings (SSSR count). The van der Waals surface area contributed by atoms with Crippen LogP contribution < -0.4 is 14.6 Å². The van der Waals surface area contributed by atoms with Crippen LogP contribution in [0.5, 0.6) is 11.6 Å². The van der Waals surface area contributed by atoms with Crippen molar-refractivity contribution in [2.75, 3.05) is 7.11 Å². The first-order valence-corrected chi connectivity index (χ1v) is 6.70. The van der Waals surface area contributed by atoms with E-state index in [1.54, 1.807) is 0 Å². The second-order valence-electron chi connectivity index (χ2n) is 2.87. The molecule has 0 saturated heterocycles. The lowest BCUT2D eigenvalue weighted by Gasteiger charge is -2.13. The van der Waals surface area contributed by atoms with Crippen molar-refractivity contribution in [3.63, 3.8) is 0 Å². The van der Waals surface area contributed by atoms with Crippen LogP contribution in [-0.2, 0) is 10.0 Å². The molecule has 0 radical (unpaired) electrons. The maximum atomic E-state index is 12.1. The number of nitrogens with two attached hydrogens (primary N) is 1. The fourth-order valence-electron chi connectivity index (χ4n) is 1.03. The molecular weight excluding hydrogens is 392 g/mol. The first kappa shape index (κ1) is 15.2. The Morgan fingerprint density at radius 3 is 2.39 bits per heavy atom. The summed E-state index contributed by atoms with van der Waals surface area (Å²) in [5, 5.41) is 4.89. The van der Waals surface area contributed by atoms with Crippen LogP contribution in [0.3, 0.4) is 0 Å². The second-order valence-corrected chi connectivity index (χ2v) is 5.44. The molecule has 0 spiro atoms. The van der Waals surface area contributed by atoms with Gasteiger partial charge in [-0.05, 0) is 22.6 Å². The Morgan fingerprint density at radius 2 is 2.00 bits per heavy atom. The number of pyridine rings is 1. The average molecular weight is 398 g/mol. The predicted molar refractivity (Wildman–Crippen MR) is 61.6 cm³/mol. The number of ether oxygens (including phenoxy) is 2. The third kappa shape index (κ3) is 3.58. The molecule has 0 unspecified atom stereocenters. The summed E-state index contributed by atoms with van der Waals surface area (Å²) in [7, 11) is -3.14. The minimum absolute atomic E-state index is 0.267. The molecule has 0 aliphatic heterocycles. The van der Waals surface area contributed by atoms with E-state index in [-0.39, 0.29) is 5.75 Å². The molecule has 6 nitrogen and oxygen atoms in total. The van der Waals surface area contributed by atoms with Gasteiger partial charge in [0.2, 0.25) is 15.9 Å². The van der Waals surface area contributed by atoms with Crippen LogP contribution in [0.2, 0.25) is 0 Å². The van der Waals surface area contributed by atoms with Gasteiger partial charge in [-0.2, -0.15) is 0 Å². The summed E-state index contributed by atoms with van der Waals surface area (Å²) < 4.78 is 66.6. The van der Waals surface area contributed by atoms with Crippen LogP contribution in [0.25, 0.3) is 0 Å². The van der Waals surface area contributed by atoms with Gasteiger partial charge in [-0.25, -0.2) is 18.5 Å². The van der Waals surface area contributed by atoms with E-state index < -0.39 is 30.7 Å². The Hall–Kier alpha value is -0.820. The minimum Gasteiger partial charge on any atom is -0.494 e. The molecule has 11 heteroatoms. The summed E-state index contributed by atoms with van der Waals surface area (Å²) in [6.45, 7) is 0. The van der Waals surface area contributed by atoms with E-state index in [2.05, 4.69) is 14.5 Å². The normalized spacial score (nSPS) is 12.3. The van der Waals surface area contributed by atoms with E-state index in [1.165, 1.54) is 22.6 Å². The number of hydrogen-bond donors (Lipinski definition) is 1. The van der Waals surface area contributed by atoms with Crippen LogP contribution in [0.4, 0.5) is 13.2 Å². The molecule has 18 heavy (non-hydrogen) atoms. The quantitative estimate of drug-likeness (QED) is 0.774. The van der Waals surface area contributed by atoms with E-state index >= 15 is 0 Å². The standard InChI is InChI=1S/C7H6F3IN2O4S/c1-16-3-2-13-6(17-7(8,9)10)4(11)5(3)18(12,14)15/h2H,1H3,(H2,12,14,15). The van der Waals surface area contributed by atoms with Gasteiger partial charge in [-0.3, -0.25) is 0 Å². The van der Waals surface area contributed by atoms with Gasteiger partial charge < -0.3 is 9.47 Å². The summed E-state index contributed by atoms with van der Waals surface area (Å²) in [6.07, 6.45) is -4.21. The highest BCUT2D eigenvalue weighted by Gasteiger charge is 2.34. The number of aromatic nitrogens is 1. The minimum atomic E-state index is -4.99. The van der Waals surface area contributed by atoms with E-state index in [0.717, 1.165) is 13.3 Å². The molecule has 0 saturated carbocycles. The van der Waals surface area contributed by atoms with Crippen LogP contribution >= 0.6 is 22.6 Å². The van der Waals surface area contributed by atoms with Gasteiger partial charge in [0, 0.05) is 0 Å². The van der Waals surface area contributed by atoms with Crippen molar-refractivity contribution in [1.29, 1.82) is 0 Å². The van der Waals surface area contributed by atoms with Gasteiger partial charge >= 0.3 is 6.36 Å². The Labute approximate surface area is 113 Å². The number of sulfonamides is 1. The van der Waals surface area contributed by atoms with Crippen molar-refractivity contribution < 1.29 is 31.1 Å². The molecule has 102 valence electrons. The molecule has 0 aliphatic rings. The van der Waals surface area contributed by atoms with Gasteiger partial charge in [-0.15, -0.1) is 13.2 Å². The molecule has 1 heterocycles. The highest BCUT2D eigenvalue weighted by atomic mass is 127. The molecule has 1 aromatic rings. The largest absolute Gasteiger partial charge is 0.574 e. The van der Waals surface area contributed by atoms with Gasteiger partial charge in [-0.1, -0.05) is 0 Å². The van der Waals surface area contributed by atoms with Gasteiger partial charge in [0.25, 0.3) is 0 Å². The van der Waals surface area contributed by atoms with Crippen molar-refractivity contribution in [3.8, 4) is 11.6 Å². The van der Waals surface area contributed by atoms with Crippen LogP contribution in [0, 0.1) is 3.57 Å². The van der Waals surface area contributed by atoms with Crippen LogP contribution in [-0.4, -0.2) is 26.9 Å². The second kappa shape index (κ2) is 5.05. The van der Waals surface area contributed by atoms with Gasteiger partial charge in [0.1, 0.15) is 4.90 Å². The zero-order valence-corrected chi connectivity index (χ0v) is 11.6. The van der Waals surface area contributed by atoms with Crippen molar-refractivity contribution in [3.05, 3.63) is 9.77 Å². The number of methoxy groups -OCH3 is 1. The Bertz CT molecular complexity index is 561. The van der Waals surface area contributed by atoms with Crippen LogP contribution in [0.15, 0.2) is 11.1 Å². The zero-order valence-electron chi connectivity index (χ0n) is 8.66. The number of primary sulfonamides is 1. The summed E-state index contributed by atoms with van der Waals surface area (Å²) in [6, 6.07) is 0. The molecule has 0 bridgehead atoms. The Balaban J connectivity index is 3.45. The summed E-state index contributed by atoms with van der Waals surface area (Å²) in [4.78, 5) is 2.70. The Kier molecular flexibility index (Phi) is 4.27. The van der Waals surface area contributed by atoms with Gasteiger partial charge in [0.05, 0.1) is 16.9 Å². The number of alkyl halides is 3. The Morgan fingerprint density at radius 1 is 1.44 bits per heavy atom. The van der Waals surface area contributed by atoms with Crippen molar-refractivity contribution in [2.24, 2.45) is 5.14 Å². The molecule has 0 amide bonds. The lowest BCUT2D eigenvalue weighted by Crippen LogP contribution is -2.21. The molecule has 2 N–H and O–H groups in total. The molecule has 1 aromatic heterocycles. The van der Waals surface area contributed by atoms with E-state index in [9.17, 15) is 21.6 Å². The smallest absolute Gasteiger partial charge is 0.494 e. The topological polar surface area (TPSA) is 91.5 Å². The van der Waals surface area contributed by atoms with E-state index in [4.69, 9.17) is 5.14 Å². The fraction of sp³-hybridized carbons (Fsp3) is 0.286. The monoisotopic (exact) mass is 398 g/mol. The molecule has 0 atom stereocenters. The molecule has 0 aliphatic carbocycles. The first-order valence-electron chi connectivity index (χ1n) is 4.07. The number of rotatable bonds is 3. The fourth-order valence-corrected chi connectivity index (χ4v) is 3.22. The number of nitrogens with zero attached hydrogens (tertiary/aromatic N) is 1. The lowest BCUT2D eigenvalue weighted by atomic mass is 10.4. The third-order valence-electron chi connectivity index (χ3n) is 1.63. The molecule has 0 fully saturated rings. The number of halogens is 4. The van der Waals surface area contributed by atoms with Crippen molar-refractivity contribution >= 4 is 32.6 Å². The first-order chi connectivity index (χ1) is 8.06. The average Bonchev–Trinajstić information content (AvgIpc) is 2.16. The maximum Gasteiger partial charge on any atom is 0.574 e. The lowest BCUT2D eigenvalue weighted by molar-refractivity contribution is -0.276. The predicted octanol–water partition coefficient (Wildman–Crippen LogP) is 1.24. The molecule has 0 aromatic carbocycles. The summed E-state index contributed by atoms with van der Waals surface area (Å²) in [5.74, 6) is -1.18. The maximum absolute atomic E-state index is 12.1. The van der Waals surface area contributed by atoms with Gasteiger partial charge in [0.15, 0.2) is 5.75 Å². The zero-order chi connectivity index (χ0) is 14.1. The third-order valence-corrected chi connectivity index (χ3v) is 3.97. The highest BCUT2D eigenvalue weighted by molar-refractivity contribution is 14.1. The highest BCUT2D eigenvalue weighted by Crippen LogP contribution is 2.34. The summed E-state index contributed by atoms with van der Waals surface area (Å²) >= 11 is 1.33. The number of hydrogen-bond acceptors (Lipinski definition) is 5. The van der Waals surface area contributed by atoms with E-state index in [0.29, 0.717) is 0 Å². The van der Waals surface area contributed by atoms with Crippen LogP contribution in [0.1, 0.15) is 0 Å². The summed E-state index contributed by atoms with van der Waals surface area (Å²) in [5.41, 5.74) is 0. The van der Waals surface area contributed by atoms with Crippen molar-refractivity contribution in [1.82, 2.24) is 4.98 Å². The SMILES string of the molecule is COc1cnc(OC(F)(F)F)c(I)c1S(N)(=O)=O. The van der Waals surface area contributed by atoms with E-state index in [1.807, 2.05) is 0 Å².